The molecule has 0 unspecified atom stereocenters. The summed E-state index contributed by atoms with van der Waals surface area (Å²) in [5.74, 6) is 0.547. The molecule has 1 aromatic heterocycles. The second-order valence-electron chi connectivity index (χ2n) is 9.48. The molecule has 0 amide bonds. The van der Waals surface area contributed by atoms with Crippen molar-refractivity contribution in [1.29, 1.82) is 0 Å². The zero-order valence-corrected chi connectivity index (χ0v) is 24.9. The molecule has 4 aromatic carbocycles. The monoisotopic (exact) mass is 684 g/mol. The van der Waals surface area contributed by atoms with Crippen LogP contribution in [0.25, 0.3) is 43.6 Å². The number of aromatic nitrogens is 2. The third kappa shape index (κ3) is 6.46. The van der Waals surface area contributed by atoms with Gasteiger partial charge < -0.3 is 5.11 Å². The maximum absolute atomic E-state index is 11.7. The Morgan fingerprint density at radius 3 is 1.97 bits per heavy atom. The van der Waals surface area contributed by atoms with Gasteiger partial charge in [-0.05, 0) is 48.6 Å². The number of hydrogen-bond donors (Lipinski definition) is 1. The summed E-state index contributed by atoms with van der Waals surface area (Å²) in [7, 11) is 0. The van der Waals surface area contributed by atoms with Crippen LogP contribution >= 0.6 is 0 Å². The fourth-order valence-corrected chi connectivity index (χ4v) is 4.80. The van der Waals surface area contributed by atoms with Crippen LogP contribution < -0.4 is 0 Å². The molecule has 0 aliphatic carbocycles. The van der Waals surface area contributed by atoms with Crippen LogP contribution in [0.5, 0.6) is 0 Å². The van der Waals surface area contributed by atoms with Crippen molar-refractivity contribution < 1.29 is 30.0 Å². The molecule has 5 rings (SSSR count). The van der Waals surface area contributed by atoms with Crippen molar-refractivity contribution in [2.24, 2.45) is 11.8 Å². The van der Waals surface area contributed by atoms with Gasteiger partial charge in [-0.25, -0.2) is 0 Å². The zero-order chi connectivity index (χ0) is 26.4. The Morgan fingerprint density at radius 2 is 1.37 bits per heavy atom. The number of rotatable bonds is 7. The molecular formula is C33H35IrN2O2-. The van der Waals surface area contributed by atoms with E-state index in [1.165, 1.54) is 16.8 Å². The third-order valence-corrected chi connectivity index (χ3v) is 7.19. The average Bonchev–Trinajstić information content (AvgIpc) is 2.92. The summed E-state index contributed by atoms with van der Waals surface area (Å²) >= 11 is 0. The normalized spacial score (nSPS) is 11.7. The number of carbonyl (C=O) groups excluding carboxylic acids is 1. The quantitative estimate of drug-likeness (QED) is 0.0613. The first-order valence-corrected chi connectivity index (χ1v) is 13.3. The fraction of sp³-hybridized carbons (Fsp3) is 0.303. The summed E-state index contributed by atoms with van der Waals surface area (Å²) in [6, 6.07) is 25.9. The first kappa shape index (κ1) is 29.4. The summed E-state index contributed by atoms with van der Waals surface area (Å²) in [5.41, 5.74) is 3.69. The van der Waals surface area contributed by atoms with Crippen molar-refractivity contribution in [3.8, 4) is 0 Å². The van der Waals surface area contributed by atoms with Gasteiger partial charge in [0.1, 0.15) is 0 Å². The molecule has 0 bridgehead atoms. The summed E-state index contributed by atoms with van der Waals surface area (Å²) in [4.78, 5) is 21.4. The predicted molar refractivity (Wildman–Crippen MR) is 155 cm³/mol. The first-order valence-electron chi connectivity index (χ1n) is 13.3. The maximum atomic E-state index is 11.7. The van der Waals surface area contributed by atoms with Gasteiger partial charge in [-0.1, -0.05) is 64.1 Å². The van der Waals surface area contributed by atoms with Crippen molar-refractivity contribution in [2.75, 3.05) is 0 Å². The van der Waals surface area contributed by atoms with Crippen molar-refractivity contribution in [3.05, 3.63) is 84.6 Å². The number of nitrogens with zero attached hydrogens (tertiary/aromatic N) is 2. The Kier molecular flexibility index (Phi) is 10.5. The van der Waals surface area contributed by atoms with Gasteiger partial charge in [0.15, 0.2) is 5.78 Å². The van der Waals surface area contributed by atoms with Crippen molar-refractivity contribution in [1.82, 2.24) is 9.97 Å². The minimum absolute atomic E-state index is 0. The van der Waals surface area contributed by atoms with Crippen molar-refractivity contribution in [2.45, 2.75) is 53.4 Å². The van der Waals surface area contributed by atoms with E-state index in [1.807, 2.05) is 58.0 Å². The summed E-state index contributed by atoms with van der Waals surface area (Å²) in [5, 5.41) is 14.3. The fourth-order valence-electron chi connectivity index (χ4n) is 4.80. The number of aliphatic hydroxyl groups excluding tert-OH is 1. The van der Waals surface area contributed by atoms with E-state index in [1.54, 1.807) is 0 Å². The Morgan fingerprint density at radius 1 is 0.789 bits per heavy atom. The van der Waals surface area contributed by atoms with Gasteiger partial charge in [0.05, 0.1) is 16.8 Å². The smallest absolute Gasteiger partial charge is 0.162 e. The van der Waals surface area contributed by atoms with Gasteiger partial charge in [0.25, 0.3) is 0 Å². The topological polar surface area (TPSA) is 63.1 Å². The Bertz CT molecular complexity index is 1560. The molecule has 5 aromatic rings. The molecule has 0 saturated heterocycles. The standard InChI is InChI=1S/C20H11N2.C13H24O2.Ir/c1-2-7-15-12-19-18(11-14(15)6-1)21-17-10-9-13-5-3-4-8-16(13)20(17)22-19;1-5-10(6-2)12(14)9-13(15)11(7-3)8-4;/h1-7,9-12H;9-11,14H,5-8H2,1-4H3;/q-1;;. The van der Waals surface area contributed by atoms with E-state index in [-0.39, 0.29) is 43.5 Å². The SMILES string of the molecule is CCC(CC)C(=O)C=C(O)C(CC)CC.[Ir].[c-]1cccc2ccc3nc4cc5ccccc5cc4nc3c12. The van der Waals surface area contributed by atoms with Crippen LogP contribution in [0, 0.1) is 17.9 Å². The van der Waals surface area contributed by atoms with E-state index in [2.05, 4.69) is 42.5 Å². The number of carbonyl (C=O) groups is 1. The molecule has 199 valence electrons. The Hall–Kier alpha value is -3.14. The molecule has 1 heterocycles. The molecule has 5 heteroatoms. The zero-order valence-electron chi connectivity index (χ0n) is 22.5. The van der Waals surface area contributed by atoms with Crippen molar-refractivity contribution >= 4 is 49.4 Å². The van der Waals surface area contributed by atoms with Crippen LogP contribution in [0.4, 0.5) is 0 Å². The molecule has 4 nitrogen and oxygen atoms in total. The third-order valence-electron chi connectivity index (χ3n) is 7.19. The average molecular weight is 684 g/mol. The van der Waals surface area contributed by atoms with Gasteiger partial charge in [-0.15, -0.1) is 35.0 Å². The molecule has 1 N–H and O–H groups in total. The number of benzene rings is 4. The van der Waals surface area contributed by atoms with Gasteiger partial charge in [-0.2, -0.15) is 0 Å². The number of fused-ring (bicyclic) bond motifs is 5. The van der Waals surface area contributed by atoms with E-state index in [4.69, 9.17) is 9.97 Å². The van der Waals surface area contributed by atoms with E-state index >= 15 is 0 Å². The van der Waals surface area contributed by atoms with Crippen LogP contribution in [0.1, 0.15) is 53.4 Å². The molecule has 0 spiro atoms. The predicted octanol–water partition coefficient (Wildman–Crippen LogP) is 8.76. The molecule has 0 atom stereocenters. The second-order valence-corrected chi connectivity index (χ2v) is 9.48. The first-order chi connectivity index (χ1) is 18.0. The number of hydrogen-bond acceptors (Lipinski definition) is 4. The largest absolute Gasteiger partial charge is 0.512 e. The van der Waals surface area contributed by atoms with Crippen LogP contribution in [0.15, 0.2) is 78.6 Å². The van der Waals surface area contributed by atoms with Crippen molar-refractivity contribution in [3.63, 3.8) is 0 Å². The summed E-state index contributed by atoms with van der Waals surface area (Å²) in [6.07, 6.45) is 4.91. The maximum Gasteiger partial charge on any atom is 0.162 e. The number of ketones is 1. The Balaban J connectivity index is 0.000000223. The van der Waals surface area contributed by atoms with Crippen LogP contribution in [0.2, 0.25) is 0 Å². The molecular weight excluding hydrogens is 649 g/mol. The molecule has 0 fully saturated rings. The molecule has 38 heavy (non-hydrogen) atoms. The molecule has 0 aliphatic rings. The van der Waals surface area contributed by atoms with E-state index in [9.17, 15) is 9.90 Å². The second kappa shape index (κ2) is 13.6. The van der Waals surface area contributed by atoms with Gasteiger partial charge in [0, 0.05) is 49.1 Å². The van der Waals surface area contributed by atoms with Gasteiger partial charge >= 0.3 is 0 Å². The number of allylic oxidation sites excluding steroid dienone is 2. The summed E-state index contributed by atoms with van der Waals surface area (Å²) in [6.45, 7) is 8.07. The van der Waals surface area contributed by atoms with Crippen LogP contribution in [-0.2, 0) is 24.9 Å². The molecule has 1 radical (unpaired) electrons. The molecule has 0 aliphatic heterocycles. The van der Waals surface area contributed by atoms with Gasteiger partial charge in [-0.3, -0.25) is 14.8 Å². The van der Waals surface area contributed by atoms with Crippen LogP contribution in [-0.4, -0.2) is 20.9 Å². The van der Waals surface area contributed by atoms with E-state index in [0.29, 0.717) is 0 Å². The summed E-state index contributed by atoms with van der Waals surface area (Å²) < 4.78 is 0. The van der Waals surface area contributed by atoms with E-state index in [0.717, 1.165) is 58.5 Å². The van der Waals surface area contributed by atoms with Crippen LogP contribution in [0.3, 0.4) is 0 Å². The number of aliphatic hydroxyl groups is 1. The minimum Gasteiger partial charge on any atom is -0.512 e. The molecule has 0 saturated carbocycles. The minimum atomic E-state index is 0. The Labute approximate surface area is 238 Å². The van der Waals surface area contributed by atoms with E-state index < -0.39 is 0 Å². The van der Waals surface area contributed by atoms with Gasteiger partial charge in [0.2, 0.25) is 0 Å².